The average molecular weight is 237 g/mol. The van der Waals surface area contributed by atoms with Crippen LogP contribution in [0.2, 0.25) is 0 Å². The van der Waals surface area contributed by atoms with Gasteiger partial charge >= 0.3 is 0 Å². The van der Waals surface area contributed by atoms with Crippen LogP contribution in [0.5, 0.6) is 0 Å². The van der Waals surface area contributed by atoms with Crippen molar-refractivity contribution in [3.05, 3.63) is 23.9 Å². The number of rotatable bonds is 3. The lowest BCUT2D eigenvalue weighted by molar-refractivity contribution is 0.747. The van der Waals surface area contributed by atoms with Gasteiger partial charge in [0.2, 0.25) is 0 Å². The summed E-state index contributed by atoms with van der Waals surface area (Å²) < 4.78 is 0. The summed E-state index contributed by atoms with van der Waals surface area (Å²) >= 11 is 2.05. The van der Waals surface area contributed by atoms with Gasteiger partial charge in [0.05, 0.1) is 0 Å². The minimum Gasteiger partial charge on any atom is -0.354 e. The minimum absolute atomic E-state index is 0.707. The highest BCUT2D eigenvalue weighted by Gasteiger charge is 2.19. The zero-order valence-corrected chi connectivity index (χ0v) is 10.8. The number of pyridine rings is 1. The van der Waals surface area contributed by atoms with Gasteiger partial charge in [0.1, 0.15) is 5.82 Å². The summed E-state index contributed by atoms with van der Waals surface area (Å²) in [6.45, 7) is 5.40. The first kappa shape index (κ1) is 11.7. The van der Waals surface area contributed by atoms with Gasteiger partial charge < -0.3 is 10.2 Å². The zero-order chi connectivity index (χ0) is 11.4. The lowest BCUT2D eigenvalue weighted by Crippen LogP contribution is -2.38. The number of aromatic nitrogens is 1. The average Bonchev–Trinajstić information content (AvgIpc) is 2.30. The highest BCUT2D eigenvalue weighted by molar-refractivity contribution is 8.00. The Morgan fingerprint density at radius 1 is 1.62 bits per heavy atom. The Hall–Kier alpha value is -0.740. The number of thioether (sulfide) groups is 1. The van der Waals surface area contributed by atoms with E-state index in [9.17, 15) is 0 Å². The molecule has 1 aliphatic rings. The fraction of sp³-hybridized carbons (Fsp3) is 0.583. The molecule has 0 amide bonds. The minimum atomic E-state index is 0.707. The van der Waals surface area contributed by atoms with E-state index in [2.05, 4.69) is 40.0 Å². The molecule has 1 aliphatic heterocycles. The van der Waals surface area contributed by atoms with Gasteiger partial charge in [-0.3, -0.25) is 0 Å². The first-order valence-corrected chi connectivity index (χ1v) is 6.81. The summed E-state index contributed by atoms with van der Waals surface area (Å²) in [6, 6.07) is 4.17. The van der Waals surface area contributed by atoms with E-state index in [0.29, 0.717) is 5.25 Å². The van der Waals surface area contributed by atoms with Crippen LogP contribution in [0.15, 0.2) is 18.3 Å². The summed E-state index contributed by atoms with van der Waals surface area (Å²) in [5, 5.41) is 3.91. The highest BCUT2D eigenvalue weighted by atomic mass is 32.2. The number of anilines is 1. The summed E-state index contributed by atoms with van der Waals surface area (Å²) in [5.41, 5.74) is 1.30. The maximum absolute atomic E-state index is 4.53. The molecule has 0 radical (unpaired) electrons. The normalized spacial score (nSPS) is 21.1. The lowest BCUT2D eigenvalue weighted by Gasteiger charge is -2.32. The van der Waals surface area contributed by atoms with Crippen LogP contribution in [0, 0.1) is 0 Å². The van der Waals surface area contributed by atoms with Crippen molar-refractivity contribution >= 4 is 17.6 Å². The molecule has 3 nitrogen and oxygen atoms in total. The Bertz CT molecular complexity index is 343. The fourth-order valence-corrected chi connectivity index (χ4v) is 3.07. The molecule has 0 bridgehead atoms. The van der Waals surface area contributed by atoms with Crippen LogP contribution in [0.4, 0.5) is 5.82 Å². The molecule has 88 valence electrons. The number of hydrogen-bond acceptors (Lipinski definition) is 4. The van der Waals surface area contributed by atoms with Gasteiger partial charge in [0.25, 0.3) is 0 Å². The van der Waals surface area contributed by atoms with Gasteiger partial charge in [0.15, 0.2) is 0 Å². The van der Waals surface area contributed by atoms with E-state index < -0.39 is 0 Å². The van der Waals surface area contributed by atoms with Crippen LogP contribution in [0.25, 0.3) is 0 Å². The molecule has 0 spiro atoms. The van der Waals surface area contributed by atoms with Gasteiger partial charge in [-0.25, -0.2) is 4.98 Å². The predicted molar refractivity (Wildman–Crippen MR) is 71.1 cm³/mol. The number of nitrogens with zero attached hydrogens (tertiary/aromatic N) is 2. The quantitative estimate of drug-likeness (QED) is 0.867. The third kappa shape index (κ3) is 2.68. The van der Waals surface area contributed by atoms with E-state index in [1.54, 1.807) is 0 Å². The van der Waals surface area contributed by atoms with Gasteiger partial charge in [-0.1, -0.05) is 13.0 Å². The molecule has 0 aromatic carbocycles. The molecule has 1 aromatic rings. The molecule has 1 unspecified atom stereocenters. The Morgan fingerprint density at radius 3 is 3.25 bits per heavy atom. The van der Waals surface area contributed by atoms with Gasteiger partial charge in [-0.2, -0.15) is 11.8 Å². The number of hydrogen-bond donors (Lipinski definition) is 1. The van der Waals surface area contributed by atoms with Crippen molar-refractivity contribution in [1.29, 1.82) is 0 Å². The Labute approximate surface area is 102 Å². The van der Waals surface area contributed by atoms with Crippen molar-refractivity contribution in [2.45, 2.75) is 18.7 Å². The molecular formula is C12H19N3S. The van der Waals surface area contributed by atoms with E-state index in [1.807, 2.05) is 19.3 Å². The Kier molecular flexibility index (Phi) is 4.07. The monoisotopic (exact) mass is 237 g/mol. The van der Waals surface area contributed by atoms with Crippen LogP contribution >= 0.6 is 11.8 Å². The second-order valence-electron chi connectivity index (χ2n) is 4.14. The molecule has 0 saturated carbocycles. The molecular weight excluding hydrogens is 218 g/mol. The van der Waals surface area contributed by atoms with Crippen molar-refractivity contribution in [1.82, 2.24) is 10.3 Å². The molecule has 1 fully saturated rings. The topological polar surface area (TPSA) is 28.2 Å². The maximum atomic E-state index is 4.53. The first-order valence-electron chi connectivity index (χ1n) is 5.76. The third-order valence-electron chi connectivity index (χ3n) is 2.78. The molecule has 1 N–H and O–H groups in total. The van der Waals surface area contributed by atoms with Crippen molar-refractivity contribution in [2.24, 2.45) is 0 Å². The molecule has 1 aromatic heterocycles. The molecule has 1 atom stereocenters. The van der Waals surface area contributed by atoms with Crippen molar-refractivity contribution in [2.75, 3.05) is 30.8 Å². The molecule has 2 rings (SSSR count). The second-order valence-corrected chi connectivity index (χ2v) is 5.69. The predicted octanol–water partition coefficient (Wildman–Crippen LogP) is 1.74. The SMILES string of the molecule is CNCc1cccnc1N1CCSC(C)C1. The van der Waals surface area contributed by atoms with Gasteiger partial charge in [-0.15, -0.1) is 0 Å². The van der Waals surface area contributed by atoms with Crippen molar-refractivity contribution < 1.29 is 0 Å². The van der Waals surface area contributed by atoms with Gasteiger partial charge in [0, 0.05) is 42.4 Å². The van der Waals surface area contributed by atoms with E-state index in [1.165, 1.54) is 11.3 Å². The fourth-order valence-electron chi connectivity index (χ4n) is 2.05. The highest BCUT2D eigenvalue weighted by Crippen LogP contribution is 2.24. The standard InChI is InChI=1S/C12H19N3S/c1-10-9-15(6-7-16-10)12-11(8-13-2)4-3-5-14-12/h3-5,10,13H,6-9H2,1-2H3. The third-order valence-corrected chi connectivity index (χ3v) is 3.91. The summed E-state index contributed by atoms with van der Waals surface area (Å²) in [4.78, 5) is 6.94. The van der Waals surface area contributed by atoms with Crippen LogP contribution in [0.1, 0.15) is 12.5 Å². The molecule has 2 heterocycles. The van der Waals surface area contributed by atoms with Crippen LogP contribution < -0.4 is 10.2 Å². The summed E-state index contributed by atoms with van der Waals surface area (Å²) in [5.74, 6) is 2.36. The molecule has 16 heavy (non-hydrogen) atoms. The summed E-state index contributed by atoms with van der Waals surface area (Å²) in [7, 11) is 1.98. The molecule has 0 aliphatic carbocycles. The smallest absolute Gasteiger partial charge is 0.133 e. The van der Waals surface area contributed by atoms with E-state index in [-0.39, 0.29) is 0 Å². The van der Waals surface area contributed by atoms with E-state index >= 15 is 0 Å². The molecule has 1 saturated heterocycles. The van der Waals surface area contributed by atoms with Gasteiger partial charge in [-0.05, 0) is 13.1 Å². The van der Waals surface area contributed by atoms with Crippen molar-refractivity contribution in [3.63, 3.8) is 0 Å². The van der Waals surface area contributed by atoms with Crippen LogP contribution in [-0.2, 0) is 6.54 Å². The van der Waals surface area contributed by atoms with Crippen molar-refractivity contribution in [3.8, 4) is 0 Å². The van der Waals surface area contributed by atoms with Crippen LogP contribution in [-0.4, -0.2) is 36.1 Å². The Balaban J connectivity index is 2.17. The largest absolute Gasteiger partial charge is 0.354 e. The second kappa shape index (κ2) is 5.55. The van der Waals surface area contributed by atoms with E-state index in [4.69, 9.17) is 0 Å². The van der Waals surface area contributed by atoms with Crippen LogP contribution in [0.3, 0.4) is 0 Å². The van der Waals surface area contributed by atoms with E-state index in [0.717, 1.165) is 25.5 Å². The summed E-state index contributed by atoms with van der Waals surface area (Å²) in [6.07, 6.45) is 1.89. The molecule has 4 heteroatoms. The maximum Gasteiger partial charge on any atom is 0.133 e. The lowest BCUT2D eigenvalue weighted by atomic mass is 10.2. The zero-order valence-electron chi connectivity index (χ0n) is 9.94. The first-order chi connectivity index (χ1) is 7.81. The number of nitrogens with one attached hydrogen (secondary N) is 1. The Morgan fingerprint density at radius 2 is 2.50 bits per heavy atom.